The Bertz CT molecular complexity index is 4590. The van der Waals surface area contributed by atoms with Gasteiger partial charge in [0.05, 0.1) is 0 Å². The van der Waals surface area contributed by atoms with Gasteiger partial charge >= 0.3 is 0 Å². The fourth-order valence-electron chi connectivity index (χ4n) is 11.2. The van der Waals surface area contributed by atoms with Crippen LogP contribution in [0.2, 0.25) is 0 Å². The van der Waals surface area contributed by atoms with E-state index >= 15 is 0 Å². The average molecular weight is 1030 g/mol. The van der Waals surface area contributed by atoms with Gasteiger partial charge in [0.15, 0.2) is 0 Å². The number of nitrogens with zero attached hydrogens (tertiary/aromatic N) is 2. The molecule has 0 aliphatic rings. The van der Waals surface area contributed by atoms with E-state index in [9.17, 15) is 0 Å². The predicted molar refractivity (Wildman–Crippen MR) is 346 cm³/mol. The largest absolute Gasteiger partial charge is 0.377 e. The number of hydrogen-bond acceptors (Lipinski definition) is 2. The maximum absolute atomic E-state index is 3.56. The first-order chi connectivity index (χ1) is 38.4. The summed E-state index contributed by atoms with van der Waals surface area (Å²) in [5, 5.41) is 14.8. The second kappa shape index (κ2) is 21.1. The lowest BCUT2D eigenvalue weighted by Gasteiger charge is -2.21. The van der Waals surface area contributed by atoms with Crippen LogP contribution in [0, 0.1) is 61.2 Å². The molecule has 0 radical (unpaired) electrons. The van der Waals surface area contributed by atoms with Gasteiger partial charge in [0, 0.05) is 106 Å². The van der Waals surface area contributed by atoms with Gasteiger partial charge in [-0.1, -0.05) is 198 Å². The highest BCUT2D eigenvalue weighted by atomic mass is 15.1. The molecule has 2 nitrogen and oxygen atoms in total. The van der Waals surface area contributed by atoms with E-state index in [0.717, 1.165) is 44.5 Å². The zero-order valence-corrected chi connectivity index (χ0v) is 48.2. The number of benzene rings is 12. The molecule has 0 fully saturated rings. The Hall–Kier alpha value is -9.44. The molecule has 2 heteroatoms. The minimum atomic E-state index is 0.122. The lowest BCUT2D eigenvalue weighted by atomic mass is 9.86. The van der Waals surface area contributed by atoms with Crippen molar-refractivity contribution in [3.8, 4) is 47.4 Å². The molecule has 0 saturated carbocycles. The van der Waals surface area contributed by atoms with Crippen LogP contribution in [0.1, 0.15) is 108 Å². The predicted octanol–water partition coefficient (Wildman–Crippen LogP) is 18.1. The van der Waals surface area contributed by atoms with Gasteiger partial charge in [0.1, 0.15) is 0 Å². The van der Waals surface area contributed by atoms with E-state index in [0.29, 0.717) is 0 Å². The third-order valence-electron chi connectivity index (χ3n) is 15.5. The molecule has 0 N–H and O–H groups in total. The first kappa shape index (κ1) is 52.6. The van der Waals surface area contributed by atoms with Crippen LogP contribution in [0.5, 0.6) is 0 Å². The van der Waals surface area contributed by atoms with Gasteiger partial charge in [0.2, 0.25) is 0 Å². The van der Waals surface area contributed by atoms with Crippen LogP contribution >= 0.6 is 0 Å². The summed E-state index contributed by atoms with van der Waals surface area (Å²) in [5.41, 5.74) is 16.0. The Kier molecular flexibility index (Phi) is 13.9. The number of rotatable bonds is 2. The van der Waals surface area contributed by atoms with Crippen molar-refractivity contribution in [2.24, 2.45) is 0 Å². The smallest absolute Gasteiger partial charge is 0.0453 e. The molecule has 0 atom stereocenters. The van der Waals surface area contributed by atoms with Crippen molar-refractivity contribution >= 4 is 76.0 Å². The number of anilines is 2. The topological polar surface area (TPSA) is 6.48 Å². The van der Waals surface area contributed by atoms with Gasteiger partial charge < -0.3 is 9.80 Å². The zero-order chi connectivity index (χ0) is 56.0. The van der Waals surface area contributed by atoms with Gasteiger partial charge in [0.25, 0.3) is 0 Å². The van der Waals surface area contributed by atoms with Crippen molar-refractivity contribution in [1.82, 2.24) is 0 Å². The molecule has 0 aliphatic heterocycles. The Balaban J connectivity index is 0.000000172. The van der Waals surface area contributed by atoms with Crippen molar-refractivity contribution in [3.05, 3.63) is 249 Å². The summed E-state index contributed by atoms with van der Waals surface area (Å²) < 4.78 is 0. The third kappa shape index (κ3) is 10.3. The Morgan fingerprint density at radius 1 is 0.275 bits per heavy atom. The molecule has 12 aromatic carbocycles. The Labute approximate surface area is 473 Å². The summed E-state index contributed by atoms with van der Waals surface area (Å²) >= 11 is 0. The molecule has 12 aromatic rings. The second-order valence-electron chi connectivity index (χ2n) is 23.7. The summed E-state index contributed by atoms with van der Waals surface area (Å²) in [6.07, 6.45) is 0. The molecule has 0 heterocycles. The molecule has 0 aromatic heterocycles. The second-order valence-corrected chi connectivity index (χ2v) is 23.7. The van der Waals surface area contributed by atoms with E-state index < -0.39 is 0 Å². The Morgan fingerprint density at radius 2 is 0.537 bits per heavy atom. The first-order valence-electron chi connectivity index (χ1n) is 27.7. The van der Waals surface area contributed by atoms with Crippen molar-refractivity contribution in [1.29, 1.82) is 0 Å². The van der Waals surface area contributed by atoms with Gasteiger partial charge in [-0.3, -0.25) is 0 Å². The number of aryl methyl sites for hydroxylation is 2. The SMILES string of the molecule is Cc1cc(C#Cc2ccc(C(C)(C)C)cc2)c2ccc3c(N(C)C)cc(C#Cc4ccc(C(C)(C)C)cc4)c4ccc1c2c43.Cc1cc(C#Cc2ccccc2)c2ccc3c(N(C)C)cc(C#Cc4ccccc4)c4ccc1c2c43. The Morgan fingerprint density at radius 3 is 0.838 bits per heavy atom. The van der Waals surface area contributed by atoms with Crippen LogP contribution in [-0.4, -0.2) is 28.2 Å². The van der Waals surface area contributed by atoms with E-state index in [-0.39, 0.29) is 10.8 Å². The quantitative estimate of drug-likeness (QED) is 0.126. The van der Waals surface area contributed by atoms with E-state index in [4.69, 9.17) is 0 Å². The molecule has 0 amide bonds. The normalized spacial score (nSPS) is 11.3. The minimum Gasteiger partial charge on any atom is -0.377 e. The van der Waals surface area contributed by atoms with Crippen molar-refractivity contribution in [2.75, 3.05) is 38.0 Å². The molecular weight excluding hydrogens is 965 g/mol. The van der Waals surface area contributed by atoms with E-state index in [1.807, 2.05) is 36.4 Å². The van der Waals surface area contributed by atoms with Crippen LogP contribution in [-0.2, 0) is 10.8 Å². The van der Waals surface area contributed by atoms with Crippen molar-refractivity contribution in [3.63, 3.8) is 0 Å². The van der Waals surface area contributed by atoms with Crippen LogP contribution in [0.15, 0.2) is 182 Å². The lowest BCUT2D eigenvalue weighted by molar-refractivity contribution is 0.590. The van der Waals surface area contributed by atoms with Crippen LogP contribution in [0.25, 0.3) is 64.6 Å². The monoisotopic (exact) mass is 1030 g/mol. The summed E-state index contributed by atoms with van der Waals surface area (Å²) in [6.45, 7) is 17.8. The zero-order valence-electron chi connectivity index (χ0n) is 48.2. The first-order valence-corrected chi connectivity index (χ1v) is 27.7. The fourth-order valence-corrected chi connectivity index (χ4v) is 11.2. The molecule has 0 saturated heterocycles. The van der Waals surface area contributed by atoms with Crippen LogP contribution < -0.4 is 9.80 Å². The molecule has 0 spiro atoms. The standard InChI is InChI=1S/C43H41N.C35H25N/c1-28-26-31(16-10-29-12-18-33(19-13-29)42(2,3)4)36-24-25-38-39(44(8)9)27-32(37-23-22-35(28)40(36)41(37)38)17-11-30-14-20-34(21-15-30)43(5,6)7;1-24-22-27(16-14-25-10-6-4-7-11-25)30-20-21-32-33(36(2)3)23-28(17-15-26-12-8-5-9-13-26)31-19-18-29(24)34(30)35(31)32/h12-15,18-27H,1-9H3;4-13,18-23H,1-3H3. The van der Waals surface area contributed by atoms with E-state index in [1.165, 1.54) is 98.3 Å². The molecular formula is C78H66N2. The highest BCUT2D eigenvalue weighted by molar-refractivity contribution is 6.29. The van der Waals surface area contributed by atoms with Crippen LogP contribution in [0.3, 0.4) is 0 Å². The molecule has 80 heavy (non-hydrogen) atoms. The maximum Gasteiger partial charge on any atom is 0.0453 e. The van der Waals surface area contributed by atoms with Crippen molar-refractivity contribution in [2.45, 2.75) is 66.2 Å². The molecule has 12 rings (SSSR count). The van der Waals surface area contributed by atoms with Gasteiger partial charge in [-0.25, -0.2) is 0 Å². The summed E-state index contributed by atoms with van der Waals surface area (Å²) in [4.78, 5) is 4.38. The van der Waals surface area contributed by atoms with E-state index in [2.05, 4.69) is 286 Å². The highest BCUT2D eigenvalue weighted by Crippen LogP contribution is 2.44. The third-order valence-corrected chi connectivity index (χ3v) is 15.5. The number of hydrogen-bond donors (Lipinski definition) is 0. The summed E-state index contributed by atoms with van der Waals surface area (Å²) in [5.74, 6) is 27.7. The van der Waals surface area contributed by atoms with Gasteiger partial charge in [-0.2, -0.15) is 0 Å². The maximum atomic E-state index is 3.56. The van der Waals surface area contributed by atoms with Crippen LogP contribution in [0.4, 0.5) is 11.4 Å². The fraction of sp³-hybridized carbons (Fsp3) is 0.179. The molecule has 0 bridgehead atoms. The van der Waals surface area contributed by atoms with Crippen molar-refractivity contribution < 1.29 is 0 Å². The molecule has 0 aliphatic carbocycles. The summed E-state index contributed by atoms with van der Waals surface area (Å²) in [6, 6.07) is 64.7. The average Bonchev–Trinajstić information content (AvgIpc) is 3.47. The molecule has 0 unspecified atom stereocenters. The minimum absolute atomic E-state index is 0.122. The molecule has 388 valence electrons. The van der Waals surface area contributed by atoms with Gasteiger partial charge in [-0.05, 0) is 163 Å². The summed E-state index contributed by atoms with van der Waals surface area (Å²) in [7, 11) is 8.43. The van der Waals surface area contributed by atoms with Gasteiger partial charge in [-0.15, -0.1) is 0 Å². The van der Waals surface area contributed by atoms with E-state index in [1.54, 1.807) is 0 Å². The highest BCUT2D eigenvalue weighted by Gasteiger charge is 2.20. The lowest BCUT2D eigenvalue weighted by Crippen LogP contribution is -2.10.